The molecular weight excluding hydrogens is 168 g/mol. The minimum absolute atomic E-state index is 0.398. The molecule has 74 valence electrons. The van der Waals surface area contributed by atoms with Gasteiger partial charge in [0.05, 0.1) is 0 Å². The number of hydrogen-bond donors (Lipinski definition) is 1. The molecule has 13 heavy (non-hydrogen) atoms. The summed E-state index contributed by atoms with van der Waals surface area (Å²) < 4.78 is 0. The molecule has 1 heterocycles. The first-order chi connectivity index (χ1) is 6.09. The Bertz CT molecular complexity index is 216. The van der Waals surface area contributed by atoms with Crippen LogP contribution in [0.1, 0.15) is 6.92 Å². The summed E-state index contributed by atoms with van der Waals surface area (Å²) in [6.45, 7) is 4.99. The van der Waals surface area contributed by atoms with Crippen LogP contribution in [0.2, 0.25) is 0 Å². The van der Waals surface area contributed by atoms with Gasteiger partial charge in [0.15, 0.2) is 0 Å². The first-order valence-corrected chi connectivity index (χ1v) is 4.45. The summed E-state index contributed by atoms with van der Waals surface area (Å²) in [5.41, 5.74) is 0. The normalized spacial score (nSPS) is 25.4. The molecule has 0 saturated carbocycles. The SMILES string of the molecule is CC1CN(C)CCN1/C=C/C(=O)O. The predicted molar refractivity (Wildman–Crippen MR) is 50.4 cm³/mol. The molecule has 1 aliphatic rings. The Morgan fingerprint density at radius 2 is 2.23 bits per heavy atom. The van der Waals surface area contributed by atoms with E-state index in [0.29, 0.717) is 6.04 Å². The van der Waals surface area contributed by atoms with Crippen molar-refractivity contribution >= 4 is 5.97 Å². The second-order valence-electron chi connectivity index (χ2n) is 3.50. The second kappa shape index (κ2) is 4.28. The van der Waals surface area contributed by atoms with Crippen molar-refractivity contribution in [3.63, 3.8) is 0 Å². The zero-order chi connectivity index (χ0) is 9.84. The minimum atomic E-state index is -0.883. The molecule has 0 bridgehead atoms. The average Bonchev–Trinajstić information content (AvgIpc) is 2.02. The van der Waals surface area contributed by atoms with Crippen molar-refractivity contribution in [2.45, 2.75) is 13.0 Å². The van der Waals surface area contributed by atoms with Gasteiger partial charge in [-0.05, 0) is 14.0 Å². The highest BCUT2D eigenvalue weighted by atomic mass is 16.4. The van der Waals surface area contributed by atoms with Gasteiger partial charge in [-0.1, -0.05) is 0 Å². The minimum Gasteiger partial charge on any atom is -0.478 e. The highest BCUT2D eigenvalue weighted by molar-refractivity contribution is 5.79. The molecule has 0 amide bonds. The molecule has 0 spiro atoms. The van der Waals surface area contributed by atoms with Crippen molar-refractivity contribution in [2.24, 2.45) is 0 Å². The first kappa shape index (κ1) is 10.1. The van der Waals surface area contributed by atoms with E-state index in [0.717, 1.165) is 19.6 Å². The van der Waals surface area contributed by atoms with Gasteiger partial charge in [0.2, 0.25) is 0 Å². The molecule has 0 aromatic heterocycles. The quantitative estimate of drug-likeness (QED) is 0.623. The third-order valence-corrected chi connectivity index (χ3v) is 2.29. The Balaban J connectivity index is 2.46. The summed E-state index contributed by atoms with van der Waals surface area (Å²) in [6.07, 6.45) is 2.86. The van der Waals surface area contributed by atoms with Crippen LogP contribution in [0.15, 0.2) is 12.3 Å². The number of hydrogen-bond acceptors (Lipinski definition) is 3. The van der Waals surface area contributed by atoms with E-state index < -0.39 is 5.97 Å². The smallest absolute Gasteiger partial charge is 0.329 e. The van der Waals surface area contributed by atoms with Crippen molar-refractivity contribution in [2.75, 3.05) is 26.7 Å². The lowest BCUT2D eigenvalue weighted by atomic mass is 10.2. The number of aliphatic carboxylic acids is 1. The van der Waals surface area contributed by atoms with Crippen LogP contribution in [0.3, 0.4) is 0 Å². The number of nitrogens with zero attached hydrogens (tertiary/aromatic N) is 2. The Morgan fingerprint density at radius 3 is 2.77 bits per heavy atom. The first-order valence-electron chi connectivity index (χ1n) is 4.45. The lowest BCUT2D eigenvalue weighted by molar-refractivity contribution is -0.131. The maximum Gasteiger partial charge on any atom is 0.329 e. The number of carbonyl (C=O) groups is 1. The third kappa shape index (κ3) is 3.06. The second-order valence-corrected chi connectivity index (χ2v) is 3.50. The molecule has 4 heteroatoms. The lowest BCUT2D eigenvalue weighted by Crippen LogP contribution is -2.47. The molecular formula is C9H16N2O2. The molecule has 1 unspecified atom stereocenters. The molecule has 1 saturated heterocycles. The van der Waals surface area contributed by atoms with E-state index in [2.05, 4.69) is 23.8 Å². The highest BCUT2D eigenvalue weighted by Crippen LogP contribution is 2.07. The van der Waals surface area contributed by atoms with Gasteiger partial charge in [0.25, 0.3) is 0 Å². The van der Waals surface area contributed by atoms with Gasteiger partial charge in [-0.15, -0.1) is 0 Å². The molecule has 0 aromatic carbocycles. The molecule has 0 aliphatic carbocycles. The molecule has 0 radical (unpaired) electrons. The van der Waals surface area contributed by atoms with Gasteiger partial charge >= 0.3 is 5.97 Å². The fraction of sp³-hybridized carbons (Fsp3) is 0.667. The van der Waals surface area contributed by atoms with Gasteiger partial charge in [0.1, 0.15) is 0 Å². The van der Waals surface area contributed by atoms with E-state index >= 15 is 0 Å². The summed E-state index contributed by atoms with van der Waals surface area (Å²) in [5.74, 6) is -0.883. The molecule has 1 aliphatic heterocycles. The van der Waals surface area contributed by atoms with Crippen LogP contribution in [-0.2, 0) is 4.79 Å². The fourth-order valence-electron chi connectivity index (χ4n) is 1.53. The monoisotopic (exact) mass is 184 g/mol. The number of carboxylic acids is 1. The van der Waals surface area contributed by atoms with Crippen LogP contribution in [-0.4, -0.2) is 53.6 Å². The lowest BCUT2D eigenvalue weighted by Gasteiger charge is -2.37. The van der Waals surface area contributed by atoms with E-state index in [9.17, 15) is 4.79 Å². The van der Waals surface area contributed by atoms with E-state index in [1.54, 1.807) is 6.20 Å². The van der Waals surface area contributed by atoms with Gasteiger partial charge in [0, 0.05) is 38.0 Å². The average molecular weight is 184 g/mol. The number of likely N-dealkylation sites (N-methyl/N-ethyl adjacent to an activating group) is 1. The van der Waals surface area contributed by atoms with Crippen molar-refractivity contribution in [1.82, 2.24) is 9.80 Å². The van der Waals surface area contributed by atoms with Crippen molar-refractivity contribution in [3.8, 4) is 0 Å². The Hall–Kier alpha value is -1.03. The van der Waals surface area contributed by atoms with Gasteiger partial charge in [-0.2, -0.15) is 0 Å². The molecule has 1 atom stereocenters. The fourth-order valence-corrected chi connectivity index (χ4v) is 1.53. The van der Waals surface area contributed by atoms with Gasteiger partial charge in [-0.3, -0.25) is 0 Å². The number of rotatable bonds is 2. The van der Waals surface area contributed by atoms with Crippen molar-refractivity contribution in [3.05, 3.63) is 12.3 Å². The summed E-state index contributed by atoms with van der Waals surface area (Å²) in [7, 11) is 2.08. The maximum atomic E-state index is 10.3. The van der Waals surface area contributed by atoms with Crippen LogP contribution < -0.4 is 0 Å². The largest absolute Gasteiger partial charge is 0.478 e. The van der Waals surface area contributed by atoms with E-state index in [4.69, 9.17) is 5.11 Å². The zero-order valence-electron chi connectivity index (χ0n) is 8.10. The van der Waals surface area contributed by atoms with E-state index in [1.165, 1.54) is 6.08 Å². The van der Waals surface area contributed by atoms with Crippen LogP contribution in [0.25, 0.3) is 0 Å². The predicted octanol–water partition coefficient (Wildman–Crippen LogP) is 0.221. The summed E-state index contributed by atoms with van der Waals surface area (Å²) >= 11 is 0. The highest BCUT2D eigenvalue weighted by Gasteiger charge is 2.18. The van der Waals surface area contributed by atoms with Crippen LogP contribution in [0.5, 0.6) is 0 Å². The van der Waals surface area contributed by atoms with Gasteiger partial charge in [-0.25, -0.2) is 4.79 Å². The molecule has 4 nitrogen and oxygen atoms in total. The Labute approximate surface area is 78.4 Å². The van der Waals surface area contributed by atoms with Crippen LogP contribution >= 0.6 is 0 Å². The standard InChI is InChI=1S/C9H16N2O2/c1-8-7-10(2)5-6-11(8)4-3-9(12)13/h3-4,8H,5-7H2,1-2H3,(H,12,13)/b4-3+. The van der Waals surface area contributed by atoms with Crippen LogP contribution in [0.4, 0.5) is 0 Å². The Morgan fingerprint density at radius 1 is 1.54 bits per heavy atom. The van der Waals surface area contributed by atoms with E-state index in [-0.39, 0.29) is 0 Å². The number of piperazine rings is 1. The van der Waals surface area contributed by atoms with Crippen molar-refractivity contribution in [1.29, 1.82) is 0 Å². The molecule has 1 fully saturated rings. The van der Waals surface area contributed by atoms with Gasteiger partial charge < -0.3 is 14.9 Å². The van der Waals surface area contributed by atoms with Crippen molar-refractivity contribution < 1.29 is 9.90 Å². The zero-order valence-corrected chi connectivity index (χ0v) is 8.10. The van der Waals surface area contributed by atoms with Crippen LogP contribution in [0, 0.1) is 0 Å². The Kier molecular flexibility index (Phi) is 3.31. The molecule has 1 N–H and O–H groups in total. The van der Waals surface area contributed by atoms with E-state index in [1.807, 2.05) is 0 Å². The summed E-state index contributed by atoms with van der Waals surface area (Å²) in [6, 6.07) is 0.398. The third-order valence-electron chi connectivity index (χ3n) is 2.29. The maximum absolute atomic E-state index is 10.3. The summed E-state index contributed by atoms with van der Waals surface area (Å²) in [5, 5.41) is 8.46. The summed E-state index contributed by atoms with van der Waals surface area (Å²) in [4.78, 5) is 14.6. The molecule has 1 rings (SSSR count). The number of carboxylic acid groups (broad SMARTS) is 1. The molecule has 0 aromatic rings. The topological polar surface area (TPSA) is 43.8 Å².